The van der Waals surface area contributed by atoms with Crippen LogP contribution in [-0.2, 0) is 4.79 Å². The minimum absolute atomic E-state index is 0.0441. The van der Waals surface area contributed by atoms with Gasteiger partial charge in [-0.1, -0.05) is 12.1 Å². The van der Waals surface area contributed by atoms with Crippen LogP contribution in [0.4, 0.5) is 11.4 Å². The van der Waals surface area contributed by atoms with Crippen LogP contribution in [0.25, 0.3) is 0 Å². The van der Waals surface area contributed by atoms with Gasteiger partial charge in [0, 0.05) is 20.1 Å². The molecule has 0 aromatic heterocycles. The van der Waals surface area contributed by atoms with Crippen molar-refractivity contribution >= 4 is 17.3 Å². The van der Waals surface area contributed by atoms with Crippen molar-refractivity contribution in [2.75, 3.05) is 30.8 Å². The Bertz CT molecular complexity index is 448. The molecule has 1 aromatic rings. The maximum Gasteiger partial charge on any atom is 0.246 e. The van der Waals surface area contributed by atoms with Gasteiger partial charge in [-0.05, 0) is 25.5 Å². The molecule has 2 rings (SSSR count). The number of fused-ring (bicyclic) bond motifs is 1. The molecule has 0 bridgehead atoms. The highest BCUT2D eigenvalue weighted by Crippen LogP contribution is 2.25. The van der Waals surface area contributed by atoms with Gasteiger partial charge in [0.1, 0.15) is 6.04 Å². The van der Waals surface area contributed by atoms with Crippen molar-refractivity contribution in [3.05, 3.63) is 24.3 Å². The summed E-state index contributed by atoms with van der Waals surface area (Å²) in [7, 11) is 1.77. The first-order chi connectivity index (χ1) is 9.08. The molecule has 0 fully saturated rings. The first-order valence-corrected chi connectivity index (χ1v) is 6.60. The zero-order chi connectivity index (χ0) is 13.8. The van der Waals surface area contributed by atoms with E-state index in [1.807, 2.05) is 24.3 Å². The number of likely N-dealkylation sites (N-methyl/N-ethyl adjacent to an activating group) is 1. The lowest BCUT2D eigenvalue weighted by Crippen LogP contribution is -2.47. The number of hydrogen-bond donors (Lipinski definition) is 3. The number of nitrogens with zero attached hydrogens (tertiary/aromatic N) is 1. The Morgan fingerprint density at radius 3 is 2.84 bits per heavy atom. The van der Waals surface area contributed by atoms with Gasteiger partial charge in [-0.15, -0.1) is 0 Å². The van der Waals surface area contributed by atoms with Crippen molar-refractivity contribution in [2.45, 2.75) is 25.5 Å². The van der Waals surface area contributed by atoms with Gasteiger partial charge in [-0.25, -0.2) is 0 Å². The quantitative estimate of drug-likeness (QED) is 0.762. The molecule has 2 unspecified atom stereocenters. The third kappa shape index (κ3) is 3.38. The molecule has 1 heterocycles. The number of rotatable bonds is 4. The molecule has 19 heavy (non-hydrogen) atoms. The van der Waals surface area contributed by atoms with Crippen molar-refractivity contribution in [3.8, 4) is 0 Å². The summed E-state index contributed by atoms with van der Waals surface area (Å²) in [5.74, 6) is 0.0441. The highest BCUT2D eigenvalue weighted by atomic mass is 16.3. The lowest BCUT2D eigenvalue weighted by molar-refractivity contribution is -0.130. The van der Waals surface area contributed by atoms with Gasteiger partial charge < -0.3 is 20.6 Å². The Hall–Kier alpha value is -1.75. The third-order valence-corrected chi connectivity index (χ3v) is 3.31. The van der Waals surface area contributed by atoms with Crippen LogP contribution in [0.2, 0.25) is 0 Å². The molecule has 2 atom stereocenters. The monoisotopic (exact) mass is 263 g/mol. The molecule has 0 aliphatic carbocycles. The van der Waals surface area contributed by atoms with E-state index in [1.165, 1.54) is 0 Å². The normalized spacial score (nSPS) is 18.8. The summed E-state index contributed by atoms with van der Waals surface area (Å²) in [6.45, 7) is 2.88. The van der Waals surface area contributed by atoms with Gasteiger partial charge in [0.25, 0.3) is 0 Å². The molecule has 1 aromatic carbocycles. The number of para-hydroxylation sites is 2. The van der Waals surface area contributed by atoms with Crippen LogP contribution in [0.1, 0.15) is 13.3 Å². The van der Waals surface area contributed by atoms with Gasteiger partial charge in [0.15, 0.2) is 0 Å². The summed E-state index contributed by atoms with van der Waals surface area (Å²) in [4.78, 5) is 13.9. The molecule has 3 N–H and O–H groups in total. The highest BCUT2D eigenvalue weighted by Gasteiger charge is 2.25. The maximum atomic E-state index is 12.3. The number of benzene rings is 1. The van der Waals surface area contributed by atoms with E-state index in [4.69, 9.17) is 0 Å². The van der Waals surface area contributed by atoms with Crippen LogP contribution < -0.4 is 10.6 Å². The Labute approximate surface area is 113 Å². The smallest absolute Gasteiger partial charge is 0.246 e. The SMILES string of the molecule is CC(O)CCN(C)C(=O)C1CNc2ccccc2N1. The molecule has 5 nitrogen and oxygen atoms in total. The predicted molar refractivity (Wildman–Crippen MR) is 76.3 cm³/mol. The summed E-state index contributed by atoms with van der Waals surface area (Å²) >= 11 is 0. The molecule has 1 aliphatic heterocycles. The Balaban J connectivity index is 1.95. The lowest BCUT2D eigenvalue weighted by Gasteiger charge is -2.30. The first-order valence-electron chi connectivity index (χ1n) is 6.60. The molecule has 0 saturated heterocycles. The third-order valence-electron chi connectivity index (χ3n) is 3.31. The van der Waals surface area contributed by atoms with Crippen LogP contribution in [0.5, 0.6) is 0 Å². The number of anilines is 2. The van der Waals surface area contributed by atoms with Crippen molar-refractivity contribution in [1.82, 2.24) is 4.90 Å². The molecule has 0 radical (unpaired) electrons. The van der Waals surface area contributed by atoms with Gasteiger partial charge in [-0.3, -0.25) is 4.79 Å². The summed E-state index contributed by atoms with van der Waals surface area (Å²) in [6.07, 6.45) is 0.215. The van der Waals surface area contributed by atoms with E-state index in [2.05, 4.69) is 10.6 Å². The van der Waals surface area contributed by atoms with Gasteiger partial charge >= 0.3 is 0 Å². The van der Waals surface area contributed by atoms with Crippen molar-refractivity contribution in [1.29, 1.82) is 0 Å². The van der Waals surface area contributed by atoms with E-state index in [0.717, 1.165) is 11.4 Å². The van der Waals surface area contributed by atoms with Crippen molar-refractivity contribution in [2.24, 2.45) is 0 Å². The molecule has 104 valence electrons. The standard InChI is InChI=1S/C14H21N3O2/c1-10(18)7-8-17(2)14(19)13-9-15-11-5-3-4-6-12(11)16-13/h3-6,10,13,15-16,18H,7-9H2,1-2H3. The number of carbonyl (C=O) groups is 1. The second kappa shape index (κ2) is 5.93. The first kappa shape index (κ1) is 13.7. The summed E-state index contributed by atoms with van der Waals surface area (Å²) in [5.41, 5.74) is 1.98. The van der Waals surface area contributed by atoms with Gasteiger partial charge in [0.2, 0.25) is 5.91 Å². The molecule has 1 aliphatic rings. The van der Waals surface area contributed by atoms with Crippen molar-refractivity contribution < 1.29 is 9.90 Å². The Kier molecular flexibility index (Phi) is 4.27. The van der Waals surface area contributed by atoms with Crippen molar-refractivity contribution in [3.63, 3.8) is 0 Å². The van der Waals surface area contributed by atoms with E-state index >= 15 is 0 Å². The van der Waals surface area contributed by atoms with E-state index < -0.39 is 0 Å². The minimum atomic E-state index is -0.381. The molecule has 1 amide bonds. The van der Waals surface area contributed by atoms with Crippen LogP contribution in [-0.4, -0.2) is 48.2 Å². The molecule has 0 spiro atoms. The number of carbonyl (C=O) groups excluding carboxylic acids is 1. The molecular weight excluding hydrogens is 242 g/mol. The number of amides is 1. The second-order valence-electron chi connectivity index (χ2n) is 5.02. The molecule has 5 heteroatoms. The van der Waals surface area contributed by atoms with E-state index in [1.54, 1.807) is 18.9 Å². The lowest BCUT2D eigenvalue weighted by atomic mass is 10.1. The van der Waals surface area contributed by atoms with E-state index in [9.17, 15) is 9.90 Å². The number of aliphatic hydroxyl groups excluding tert-OH is 1. The fourth-order valence-corrected chi connectivity index (χ4v) is 2.12. The van der Waals surface area contributed by atoms with Crippen LogP contribution in [0, 0.1) is 0 Å². The maximum absolute atomic E-state index is 12.3. The number of hydrogen-bond acceptors (Lipinski definition) is 4. The van der Waals surface area contributed by atoms with E-state index in [0.29, 0.717) is 19.5 Å². The largest absolute Gasteiger partial charge is 0.393 e. The molecule has 0 saturated carbocycles. The topological polar surface area (TPSA) is 64.6 Å². The van der Waals surface area contributed by atoms with Gasteiger partial charge in [-0.2, -0.15) is 0 Å². The van der Waals surface area contributed by atoms with Crippen LogP contribution >= 0.6 is 0 Å². The predicted octanol–water partition coefficient (Wildman–Crippen LogP) is 1.12. The fraction of sp³-hybridized carbons (Fsp3) is 0.500. The average Bonchev–Trinajstić information content (AvgIpc) is 2.43. The zero-order valence-electron chi connectivity index (χ0n) is 11.4. The minimum Gasteiger partial charge on any atom is -0.393 e. The summed E-state index contributed by atoms with van der Waals surface area (Å²) in [6, 6.07) is 7.59. The van der Waals surface area contributed by atoms with E-state index in [-0.39, 0.29) is 18.1 Å². The summed E-state index contributed by atoms with van der Waals surface area (Å²) in [5, 5.41) is 15.8. The molecular formula is C14H21N3O2. The zero-order valence-corrected chi connectivity index (χ0v) is 11.4. The summed E-state index contributed by atoms with van der Waals surface area (Å²) < 4.78 is 0. The van der Waals surface area contributed by atoms with Crippen LogP contribution in [0.15, 0.2) is 24.3 Å². The average molecular weight is 263 g/mol. The fourth-order valence-electron chi connectivity index (χ4n) is 2.12. The second-order valence-corrected chi connectivity index (χ2v) is 5.02. The number of aliphatic hydroxyl groups is 1. The highest BCUT2D eigenvalue weighted by molar-refractivity contribution is 5.88. The number of nitrogens with one attached hydrogen (secondary N) is 2. The van der Waals surface area contributed by atoms with Gasteiger partial charge in [0.05, 0.1) is 17.5 Å². The Morgan fingerprint density at radius 1 is 1.47 bits per heavy atom. The van der Waals surface area contributed by atoms with Crippen LogP contribution in [0.3, 0.4) is 0 Å². The Morgan fingerprint density at radius 2 is 2.16 bits per heavy atom.